The molecule has 1 amide bonds. The number of guanidine groups is 1. The molecule has 6 heteroatoms. The highest BCUT2D eigenvalue weighted by molar-refractivity contribution is 5.94. The normalized spacial score (nSPS) is 17.4. The zero-order valence-electron chi connectivity index (χ0n) is 14.9. The Morgan fingerprint density at radius 3 is 2.88 bits per heavy atom. The summed E-state index contributed by atoms with van der Waals surface area (Å²) in [5.41, 5.74) is 2.09. The number of hydrogen-bond acceptors (Lipinski definition) is 3. The fourth-order valence-electron chi connectivity index (χ4n) is 2.81. The van der Waals surface area contributed by atoms with E-state index in [1.807, 2.05) is 18.2 Å². The molecule has 1 aromatic carbocycles. The maximum atomic E-state index is 11.9. The number of benzene rings is 1. The fraction of sp³-hybridized carbons (Fsp3) is 0.556. The number of anilines is 1. The number of carbonyl (C=O) groups excluding carboxylic acids is 1. The molecule has 1 heterocycles. The zero-order valence-corrected chi connectivity index (χ0v) is 14.9. The molecule has 1 aliphatic heterocycles. The Balaban J connectivity index is 1.96. The summed E-state index contributed by atoms with van der Waals surface area (Å²) in [4.78, 5) is 18.7. The summed E-state index contributed by atoms with van der Waals surface area (Å²) < 4.78 is 0. The number of nitrogens with one attached hydrogen (secondary N) is 3. The second kappa shape index (κ2) is 9.27. The van der Waals surface area contributed by atoms with E-state index < -0.39 is 0 Å². The molecule has 0 spiro atoms. The van der Waals surface area contributed by atoms with E-state index in [9.17, 15) is 4.79 Å². The summed E-state index contributed by atoms with van der Waals surface area (Å²) >= 11 is 0. The molecule has 0 saturated heterocycles. The number of fused-ring (bicyclic) bond motifs is 1. The van der Waals surface area contributed by atoms with Gasteiger partial charge in [0.15, 0.2) is 5.96 Å². The van der Waals surface area contributed by atoms with Crippen LogP contribution < -0.4 is 16.0 Å². The third kappa shape index (κ3) is 5.53. The summed E-state index contributed by atoms with van der Waals surface area (Å²) in [7, 11) is 4.15. The van der Waals surface area contributed by atoms with Crippen LogP contribution in [0.1, 0.15) is 31.2 Å². The van der Waals surface area contributed by atoms with Gasteiger partial charge >= 0.3 is 0 Å². The van der Waals surface area contributed by atoms with Gasteiger partial charge in [-0.1, -0.05) is 18.2 Å². The van der Waals surface area contributed by atoms with Gasteiger partial charge in [0, 0.05) is 31.1 Å². The van der Waals surface area contributed by atoms with Gasteiger partial charge in [0.2, 0.25) is 5.91 Å². The second-order valence-corrected chi connectivity index (χ2v) is 6.34. The van der Waals surface area contributed by atoms with Gasteiger partial charge in [0.05, 0.1) is 6.54 Å². The topological polar surface area (TPSA) is 68.8 Å². The lowest BCUT2D eigenvalue weighted by molar-refractivity contribution is -0.116. The second-order valence-electron chi connectivity index (χ2n) is 6.34. The molecular formula is C18H29N5O. The van der Waals surface area contributed by atoms with Crippen LogP contribution in [0, 0.1) is 0 Å². The third-order valence-corrected chi connectivity index (χ3v) is 4.00. The van der Waals surface area contributed by atoms with Crippen LogP contribution in [0.3, 0.4) is 0 Å². The molecule has 1 aliphatic rings. The molecule has 0 radical (unpaired) electrons. The molecule has 0 bridgehead atoms. The van der Waals surface area contributed by atoms with E-state index in [2.05, 4.69) is 52.9 Å². The van der Waals surface area contributed by atoms with Crippen LogP contribution in [-0.4, -0.2) is 57.0 Å². The highest BCUT2D eigenvalue weighted by Gasteiger charge is 2.24. The van der Waals surface area contributed by atoms with E-state index in [0.29, 0.717) is 13.0 Å². The summed E-state index contributed by atoms with van der Waals surface area (Å²) in [6.07, 6.45) is 1.55. The summed E-state index contributed by atoms with van der Waals surface area (Å²) in [5.74, 6) is 1.02. The lowest BCUT2D eigenvalue weighted by atomic mass is 9.91. The van der Waals surface area contributed by atoms with Crippen molar-refractivity contribution in [2.75, 3.05) is 45.6 Å². The van der Waals surface area contributed by atoms with Crippen molar-refractivity contribution in [3.05, 3.63) is 29.8 Å². The summed E-state index contributed by atoms with van der Waals surface area (Å²) in [5, 5.41) is 9.56. The van der Waals surface area contributed by atoms with Gasteiger partial charge < -0.3 is 20.9 Å². The zero-order chi connectivity index (χ0) is 17.4. The molecule has 2 rings (SSSR count). The van der Waals surface area contributed by atoms with E-state index in [1.165, 1.54) is 5.56 Å². The average Bonchev–Trinajstić information content (AvgIpc) is 2.55. The first kappa shape index (κ1) is 18.3. The number of hydrogen-bond donors (Lipinski definition) is 3. The number of aliphatic imine (C=N–C) groups is 1. The molecule has 132 valence electrons. The third-order valence-electron chi connectivity index (χ3n) is 4.00. The summed E-state index contributed by atoms with van der Waals surface area (Å²) in [6, 6.07) is 7.99. The minimum atomic E-state index is 0.0674. The van der Waals surface area contributed by atoms with Crippen LogP contribution >= 0.6 is 0 Å². The van der Waals surface area contributed by atoms with Crippen molar-refractivity contribution in [1.82, 2.24) is 15.5 Å². The highest BCUT2D eigenvalue weighted by atomic mass is 16.1. The Kier molecular flexibility index (Phi) is 7.06. The molecule has 1 unspecified atom stereocenters. The molecule has 0 fully saturated rings. The quantitative estimate of drug-likeness (QED) is 0.403. The molecule has 0 aliphatic carbocycles. The summed E-state index contributed by atoms with van der Waals surface area (Å²) in [6.45, 7) is 5.41. The Morgan fingerprint density at radius 2 is 2.12 bits per heavy atom. The number of rotatable bonds is 7. The first-order valence-electron chi connectivity index (χ1n) is 8.65. The largest absolute Gasteiger partial charge is 0.357 e. The number of carbonyl (C=O) groups is 1. The average molecular weight is 331 g/mol. The molecule has 3 N–H and O–H groups in total. The first-order chi connectivity index (χ1) is 11.6. The van der Waals surface area contributed by atoms with E-state index in [0.717, 1.165) is 37.7 Å². The van der Waals surface area contributed by atoms with Crippen molar-refractivity contribution in [1.29, 1.82) is 0 Å². The minimum Gasteiger partial charge on any atom is -0.357 e. The Bertz CT molecular complexity index is 570. The van der Waals surface area contributed by atoms with Gasteiger partial charge in [-0.25, -0.2) is 0 Å². The molecule has 6 nitrogen and oxygen atoms in total. The Labute approximate surface area is 144 Å². The Hall–Kier alpha value is -2.08. The lowest BCUT2D eigenvalue weighted by Gasteiger charge is -2.24. The van der Waals surface area contributed by atoms with E-state index in [4.69, 9.17) is 0 Å². The number of para-hydroxylation sites is 1. The molecule has 24 heavy (non-hydrogen) atoms. The number of nitrogens with zero attached hydrogens (tertiary/aromatic N) is 2. The fourth-order valence-corrected chi connectivity index (χ4v) is 2.81. The smallest absolute Gasteiger partial charge is 0.225 e. The standard InChI is InChI=1S/C18H29N5O/c1-4-19-18(20-10-7-11-23(2)3)21-13-14-12-17(24)22-16-9-6-5-8-15(14)16/h5-6,8-9,14H,4,7,10-13H2,1-3H3,(H,22,24)(H2,19,20,21). The van der Waals surface area contributed by atoms with Crippen molar-refractivity contribution in [2.24, 2.45) is 4.99 Å². The maximum Gasteiger partial charge on any atom is 0.225 e. The van der Waals surface area contributed by atoms with Crippen molar-refractivity contribution in [2.45, 2.75) is 25.7 Å². The lowest BCUT2D eigenvalue weighted by Crippen LogP contribution is -2.39. The van der Waals surface area contributed by atoms with Crippen LogP contribution in [0.5, 0.6) is 0 Å². The Morgan fingerprint density at radius 1 is 1.33 bits per heavy atom. The predicted octanol–water partition coefficient (Wildman–Crippen LogP) is 1.62. The minimum absolute atomic E-state index is 0.0674. The van der Waals surface area contributed by atoms with Gasteiger partial charge in [-0.2, -0.15) is 0 Å². The van der Waals surface area contributed by atoms with Crippen molar-refractivity contribution in [3.63, 3.8) is 0 Å². The number of amides is 1. The van der Waals surface area contributed by atoms with Crippen LogP contribution in [-0.2, 0) is 4.79 Å². The predicted molar refractivity (Wildman–Crippen MR) is 99.6 cm³/mol. The first-order valence-corrected chi connectivity index (χ1v) is 8.65. The molecule has 0 saturated carbocycles. The van der Waals surface area contributed by atoms with Crippen LogP contribution in [0.15, 0.2) is 29.3 Å². The monoisotopic (exact) mass is 331 g/mol. The van der Waals surface area contributed by atoms with Crippen molar-refractivity contribution >= 4 is 17.6 Å². The van der Waals surface area contributed by atoms with Gasteiger partial charge in [-0.3, -0.25) is 9.79 Å². The highest BCUT2D eigenvalue weighted by Crippen LogP contribution is 2.31. The molecule has 0 aromatic heterocycles. The van der Waals surface area contributed by atoms with Crippen LogP contribution in [0.25, 0.3) is 0 Å². The van der Waals surface area contributed by atoms with Crippen LogP contribution in [0.2, 0.25) is 0 Å². The molecular weight excluding hydrogens is 302 g/mol. The molecule has 1 aromatic rings. The van der Waals surface area contributed by atoms with E-state index >= 15 is 0 Å². The van der Waals surface area contributed by atoms with Gasteiger partial charge in [-0.15, -0.1) is 0 Å². The SMILES string of the molecule is CCNC(=NCC1CC(=O)Nc2ccccc21)NCCCN(C)C. The van der Waals surface area contributed by atoms with Gasteiger partial charge in [-0.05, 0) is 45.6 Å². The van der Waals surface area contributed by atoms with Gasteiger partial charge in [0.1, 0.15) is 0 Å². The molecule has 1 atom stereocenters. The van der Waals surface area contributed by atoms with Crippen LogP contribution in [0.4, 0.5) is 5.69 Å². The van der Waals surface area contributed by atoms with E-state index in [-0.39, 0.29) is 11.8 Å². The van der Waals surface area contributed by atoms with E-state index in [1.54, 1.807) is 0 Å². The maximum absolute atomic E-state index is 11.9. The van der Waals surface area contributed by atoms with Gasteiger partial charge in [0.25, 0.3) is 0 Å². The van der Waals surface area contributed by atoms with Crippen molar-refractivity contribution in [3.8, 4) is 0 Å². The van der Waals surface area contributed by atoms with Crippen molar-refractivity contribution < 1.29 is 4.79 Å².